The number of carboxylic acid groups (broad SMARTS) is 2. The Labute approximate surface area is 127 Å². The third-order valence-corrected chi connectivity index (χ3v) is 6.17. The van der Waals surface area contributed by atoms with Crippen molar-refractivity contribution in [2.75, 3.05) is 0 Å². The highest BCUT2D eigenvalue weighted by molar-refractivity contribution is 5.87. The summed E-state index contributed by atoms with van der Waals surface area (Å²) in [5, 5.41) is 20.1. The summed E-state index contributed by atoms with van der Waals surface area (Å²) in [7, 11) is 0. The van der Waals surface area contributed by atoms with E-state index in [1.165, 1.54) is 0 Å². The molecule has 0 aliphatic heterocycles. The number of rotatable bonds is 6. The molecule has 4 heteroatoms. The summed E-state index contributed by atoms with van der Waals surface area (Å²) in [6.45, 7) is 9.77. The van der Waals surface area contributed by atoms with Crippen molar-refractivity contribution in [1.29, 1.82) is 0 Å². The van der Waals surface area contributed by atoms with E-state index in [2.05, 4.69) is 0 Å². The summed E-state index contributed by atoms with van der Waals surface area (Å²) in [5.41, 5.74) is -2.32. The number of aliphatic carboxylic acids is 2. The van der Waals surface area contributed by atoms with Gasteiger partial charge in [0.25, 0.3) is 0 Å². The van der Waals surface area contributed by atoms with Crippen molar-refractivity contribution in [3.05, 3.63) is 0 Å². The van der Waals surface area contributed by atoms with Crippen LogP contribution in [0.15, 0.2) is 0 Å². The summed E-state index contributed by atoms with van der Waals surface area (Å²) in [5.74, 6) is -1.89. The van der Waals surface area contributed by atoms with Gasteiger partial charge in [-0.2, -0.15) is 0 Å². The molecule has 0 heterocycles. The van der Waals surface area contributed by atoms with Crippen LogP contribution < -0.4 is 0 Å². The van der Waals surface area contributed by atoms with E-state index in [1.54, 1.807) is 0 Å². The van der Waals surface area contributed by atoms with E-state index >= 15 is 0 Å². The van der Waals surface area contributed by atoms with Gasteiger partial charge in [-0.1, -0.05) is 47.5 Å². The fraction of sp³-hybridized carbons (Fsp3) is 0.882. The van der Waals surface area contributed by atoms with Crippen LogP contribution in [-0.2, 0) is 9.59 Å². The highest BCUT2D eigenvalue weighted by Gasteiger charge is 2.66. The molecule has 1 aliphatic carbocycles. The van der Waals surface area contributed by atoms with Crippen LogP contribution in [-0.4, -0.2) is 22.2 Å². The quantitative estimate of drug-likeness (QED) is 0.776. The predicted octanol–water partition coefficient (Wildman–Crippen LogP) is 4.04. The molecule has 122 valence electrons. The predicted molar refractivity (Wildman–Crippen MR) is 82.1 cm³/mol. The summed E-state index contributed by atoms with van der Waals surface area (Å²) in [6, 6.07) is 0. The van der Waals surface area contributed by atoms with Gasteiger partial charge in [0.1, 0.15) is 0 Å². The third kappa shape index (κ3) is 2.47. The highest BCUT2D eigenvalue weighted by atomic mass is 16.4. The average Bonchev–Trinajstić information content (AvgIpc) is 2.44. The number of hydrogen-bond acceptors (Lipinski definition) is 2. The Kier molecular flexibility index (Phi) is 5.46. The normalized spacial score (nSPS) is 36.0. The van der Waals surface area contributed by atoms with Crippen molar-refractivity contribution >= 4 is 11.9 Å². The molecule has 5 unspecified atom stereocenters. The Hall–Kier alpha value is -1.06. The van der Waals surface area contributed by atoms with Gasteiger partial charge in [-0.05, 0) is 37.0 Å². The second kappa shape index (κ2) is 6.37. The van der Waals surface area contributed by atoms with Crippen LogP contribution in [0.4, 0.5) is 0 Å². The molecule has 4 nitrogen and oxygen atoms in total. The minimum atomic E-state index is -1.17. The van der Waals surface area contributed by atoms with Crippen LogP contribution in [0.1, 0.15) is 66.7 Å². The lowest BCUT2D eigenvalue weighted by Gasteiger charge is -2.55. The minimum Gasteiger partial charge on any atom is -0.481 e. The molecule has 5 atom stereocenters. The summed E-state index contributed by atoms with van der Waals surface area (Å²) < 4.78 is 0. The fourth-order valence-electron chi connectivity index (χ4n) is 4.55. The second-order valence-corrected chi connectivity index (χ2v) is 7.02. The maximum Gasteiger partial charge on any atom is 0.311 e. The monoisotopic (exact) mass is 298 g/mol. The van der Waals surface area contributed by atoms with Gasteiger partial charge < -0.3 is 10.2 Å². The van der Waals surface area contributed by atoms with Gasteiger partial charge in [-0.15, -0.1) is 0 Å². The lowest BCUT2D eigenvalue weighted by atomic mass is 9.45. The Morgan fingerprint density at radius 2 is 1.48 bits per heavy atom. The molecule has 1 aliphatic rings. The van der Waals surface area contributed by atoms with Crippen molar-refractivity contribution in [2.24, 2.45) is 28.6 Å². The maximum absolute atomic E-state index is 12.3. The minimum absolute atomic E-state index is 0.146. The van der Waals surface area contributed by atoms with Crippen LogP contribution in [0.25, 0.3) is 0 Å². The molecular weight excluding hydrogens is 268 g/mol. The second-order valence-electron chi connectivity index (χ2n) is 7.02. The zero-order valence-electron chi connectivity index (χ0n) is 14.0. The van der Waals surface area contributed by atoms with E-state index in [4.69, 9.17) is 0 Å². The molecule has 2 N–H and O–H groups in total. The van der Waals surface area contributed by atoms with Crippen LogP contribution in [0.2, 0.25) is 0 Å². The molecular formula is C17H30O4. The van der Waals surface area contributed by atoms with Crippen LogP contribution in [0.5, 0.6) is 0 Å². The van der Waals surface area contributed by atoms with Crippen molar-refractivity contribution in [2.45, 2.75) is 66.7 Å². The Balaban J connectivity index is 3.61. The number of carbonyl (C=O) groups is 2. The molecule has 0 amide bonds. The molecule has 1 rings (SSSR count). The smallest absolute Gasteiger partial charge is 0.311 e. The largest absolute Gasteiger partial charge is 0.481 e. The van der Waals surface area contributed by atoms with Gasteiger partial charge in [-0.3, -0.25) is 9.59 Å². The van der Waals surface area contributed by atoms with Crippen LogP contribution in [0.3, 0.4) is 0 Å². The Morgan fingerprint density at radius 3 is 1.86 bits per heavy atom. The van der Waals surface area contributed by atoms with Gasteiger partial charge in [0, 0.05) is 0 Å². The first-order chi connectivity index (χ1) is 9.70. The lowest BCUT2D eigenvalue weighted by molar-refractivity contribution is -0.198. The third-order valence-electron chi connectivity index (χ3n) is 6.17. The summed E-state index contributed by atoms with van der Waals surface area (Å²) in [4.78, 5) is 24.6. The van der Waals surface area contributed by atoms with E-state index < -0.39 is 22.8 Å². The lowest BCUT2D eigenvalue weighted by Crippen LogP contribution is -2.61. The van der Waals surface area contributed by atoms with E-state index in [0.717, 1.165) is 6.42 Å². The van der Waals surface area contributed by atoms with Crippen molar-refractivity contribution in [3.63, 3.8) is 0 Å². The molecule has 1 fully saturated rings. The van der Waals surface area contributed by atoms with E-state index in [9.17, 15) is 19.8 Å². The van der Waals surface area contributed by atoms with E-state index in [0.29, 0.717) is 25.7 Å². The first kappa shape index (κ1) is 18.0. The molecule has 21 heavy (non-hydrogen) atoms. The molecule has 0 aromatic rings. The Bertz CT molecular complexity index is 406. The van der Waals surface area contributed by atoms with Gasteiger partial charge in [0.05, 0.1) is 10.8 Å². The summed E-state index contributed by atoms with van der Waals surface area (Å²) in [6.07, 6.45) is 3.10. The molecule has 0 bridgehead atoms. The summed E-state index contributed by atoms with van der Waals surface area (Å²) >= 11 is 0. The molecule has 1 saturated carbocycles. The highest BCUT2D eigenvalue weighted by Crippen LogP contribution is 2.61. The molecule has 0 aromatic carbocycles. The first-order valence-electron chi connectivity index (χ1n) is 8.17. The van der Waals surface area contributed by atoms with Gasteiger partial charge in [0.2, 0.25) is 0 Å². The van der Waals surface area contributed by atoms with Crippen molar-refractivity contribution in [1.82, 2.24) is 0 Å². The van der Waals surface area contributed by atoms with Gasteiger partial charge >= 0.3 is 11.9 Å². The average molecular weight is 298 g/mol. The van der Waals surface area contributed by atoms with Gasteiger partial charge in [-0.25, -0.2) is 0 Å². The van der Waals surface area contributed by atoms with E-state index in [-0.39, 0.29) is 17.8 Å². The first-order valence-corrected chi connectivity index (χ1v) is 8.17. The fourth-order valence-corrected chi connectivity index (χ4v) is 4.55. The van der Waals surface area contributed by atoms with Crippen molar-refractivity contribution < 1.29 is 19.8 Å². The number of carboxylic acids is 2. The topological polar surface area (TPSA) is 74.6 Å². The Morgan fingerprint density at radius 1 is 1.05 bits per heavy atom. The van der Waals surface area contributed by atoms with Crippen LogP contribution >= 0.6 is 0 Å². The molecule has 0 aromatic heterocycles. The number of hydrogen-bond donors (Lipinski definition) is 2. The van der Waals surface area contributed by atoms with E-state index in [1.807, 2.05) is 34.6 Å². The SMILES string of the molecule is CCC(C)C1(C(=O)O)CCC(C)CC1(C(=O)O)C(C)CC. The molecule has 0 radical (unpaired) electrons. The zero-order valence-corrected chi connectivity index (χ0v) is 14.0. The van der Waals surface area contributed by atoms with Crippen molar-refractivity contribution in [3.8, 4) is 0 Å². The van der Waals surface area contributed by atoms with Gasteiger partial charge in [0.15, 0.2) is 0 Å². The molecule has 0 spiro atoms. The maximum atomic E-state index is 12.3. The molecule has 0 saturated heterocycles. The standard InChI is InChI=1S/C17H30O4/c1-6-12(4)16(14(18)19)9-8-11(3)10-17(16,15(20)21)13(5)7-2/h11-13H,6-10H2,1-5H3,(H,18,19)(H,20,21). The zero-order chi connectivity index (χ0) is 16.4. The van der Waals surface area contributed by atoms with Crippen LogP contribution in [0, 0.1) is 28.6 Å².